The number of hydrogen-bond donors (Lipinski definition) is 1. The molecule has 1 atom stereocenters. The van der Waals surface area contributed by atoms with E-state index < -0.39 is 0 Å². The lowest BCUT2D eigenvalue weighted by atomic mass is 10.2. The molecule has 5 nitrogen and oxygen atoms in total. The van der Waals surface area contributed by atoms with Crippen LogP contribution >= 0.6 is 11.3 Å². The van der Waals surface area contributed by atoms with Gasteiger partial charge in [-0.1, -0.05) is 30.3 Å². The molecule has 4 rings (SSSR count). The van der Waals surface area contributed by atoms with Crippen LogP contribution in [0, 0.1) is 0 Å². The van der Waals surface area contributed by atoms with Crippen molar-refractivity contribution in [2.45, 2.75) is 12.6 Å². The summed E-state index contributed by atoms with van der Waals surface area (Å²) in [5.41, 5.74) is 2.10. The summed E-state index contributed by atoms with van der Waals surface area (Å²) in [5.74, 6) is 0.814. The maximum atomic E-state index is 12.1. The molecular weight excluding hydrogens is 312 g/mol. The summed E-state index contributed by atoms with van der Waals surface area (Å²) in [6.45, 7) is 3.19. The molecule has 0 bridgehead atoms. The molecule has 2 aliphatic rings. The Morgan fingerprint density at radius 2 is 2.22 bits per heavy atom. The summed E-state index contributed by atoms with van der Waals surface area (Å²) in [7, 11) is 0. The molecule has 0 saturated heterocycles. The van der Waals surface area contributed by atoms with Crippen LogP contribution in [0.15, 0.2) is 35.7 Å². The number of benzene rings is 1. The van der Waals surface area contributed by atoms with Gasteiger partial charge < -0.3 is 19.7 Å². The fourth-order valence-corrected chi connectivity index (χ4v) is 3.93. The van der Waals surface area contributed by atoms with E-state index in [1.807, 2.05) is 23.6 Å². The molecule has 1 N–H and O–H groups in total. The molecule has 2 aromatic rings. The van der Waals surface area contributed by atoms with Gasteiger partial charge in [0.2, 0.25) is 0 Å². The van der Waals surface area contributed by atoms with Gasteiger partial charge in [0.15, 0.2) is 5.75 Å². The third kappa shape index (κ3) is 2.80. The predicted molar refractivity (Wildman–Crippen MR) is 89.4 cm³/mol. The van der Waals surface area contributed by atoms with Crippen molar-refractivity contribution >= 4 is 22.9 Å². The minimum absolute atomic E-state index is 0.00629. The van der Waals surface area contributed by atoms with E-state index in [1.54, 1.807) is 0 Å². The van der Waals surface area contributed by atoms with Gasteiger partial charge in [-0.25, -0.2) is 0 Å². The van der Waals surface area contributed by atoms with Crippen molar-refractivity contribution in [1.82, 2.24) is 5.32 Å². The molecule has 1 amide bonds. The van der Waals surface area contributed by atoms with E-state index in [0.717, 1.165) is 28.4 Å². The lowest BCUT2D eigenvalue weighted by Crippen LogP contribution is -2.47. The normalized spacial score (nSPS) is 19.6. The van der Waals surface area contributed by atoms with Crippen molar-refractivity contribution < 1.29 is 14.3 Å². The van der Waals surface area contributed by atoms with Gasteiger partial charge >= 0.3 is 0 Å². The quantitative estimate of drug-likeness (QED) is 0.934. The van der Waals surface area contributed by atoms with Crippen LogP contribution in [0.2, 0.25) is 0 Å². The minimum atomic E-state index is -0.00629. The van der Waals surface area contributed by atoms with Crippen molar-refractivity contribution in [1.29, 1.82) is 0 Å². The van der Waals surface area contributed by atoms with Crippen molar-refractivity contribution in [2.75, 3.05) is 31.2 Å². The van der Waals surface area contributed by atoms with E-state index in [0.29, 0.717) is 26.4 Å². The SMILES string of the molecule is O=C1NCCN2c3c(csc31)OC[C@@H]2COCc1ccccc1. The molecule has 3 heterocycles. The van der Waals surface area contributed by atoms with Gasteiger partial charge in [-0.3, -0.25) is 4.79 Å². The van der Waals surface area contributed by atoms with E-state index in [-0.39, 0.29) is 11.9 Å². The second-order valence-corrected chi connectivity index (χ2v) is 6.57. The summed E-state index contributed by atoms with van der Waals surface area (Å²) < 4.78 is 11.7. The molecule has 0 unspecified atom stereocenters. The zero-order chi connectivity index (χ0) is 15.6. The van der Waals surface area contributed by atoms with Crippen LogP contribution in [0.3, 0.4) is 0 Å². The highest BCUT2D eigenvalue weighted by Gasteiger charge is 2.34. The Bertz CT molecular complexity index is 701. The van der Waals surface area contributed by atoms with Crippen molar-refractivity contribution in [2.24, 2.45) is 0 Å². The number of carbonyl (C=O) groups is 1. The Hall–Kier alpha value is -2.05. The van der Waals surface area contributed by atoms with Crippen LogP contribution in [0.5, 0.6) is 5.75 Å². The van der Waals surface area contributed by atoms with E-state index in [9.17, 15) is 4.79 Å². The summed E-state index contributed by atoms with van der Waals surface area (Å²) in [5, 5.41) is 4.86. The summed E-state index contributed by atoms with van der Waals surface area (Å²) >= 11 is 1.44. The fourth-order valence-electron chi connectivity index (χ4n) is 3.02. The average molecular weight is 330 g/mol. The molecule has 0 saturated carbocycles. The van der Waals surface area contributed by atoms with Crippen LogP contribution < -0.4 is 15.0 Å². The van der Waals surface area contributed by atoms with Gasteiger partial charge in [-0.15, -0.1) is 11.3 Å². The maximum absolute atomic E-state index is 12.1. The van der Waals surface area contributed by atoms with Gasteiger partial charge in [0, 0.05) is 18.5 Å². The third-order valence-corrected chi connectivity index (χ3v) is 5.10. The number of rotatable bonds is 4. The molecule has 0 radical (unpaired) electrons. The van der Waals surface area contributed by atoms with Gasteiger partial charge in [-0.05, 0) is 5.56 Å². The second-order valence-electron chi connectivity index (χ2n) is 5.69. The highest BCUT2D eigenvalue weighted by atomic mass is 32.1. The lowest BCUT2D eigenvalue weighted by molar-refractivity contribution is 0.0870. The molecule has 120 valence electrons. The summed E-state index contributed by atoms with van der Waals surface area (Å²) in [4.78, 5) is 15.1. The van der Waals surface area contributed by atoms with Gasteiger partial charge in [0.05, 0.1) is 19.3 Å². The lowest BCUT2D eigenvalue weighted by Gasteiger charge is -2.36. The number of nitrogens with one attached hydrogen (secondary N) is 1. The molecule has 0 fully saturated rings. The molecular formula is C17H18N2O3S. The zero-order valence-electron chi connectivity index (χ0n) is 12.7. The molecule has 6 heteroatoms. The van der Waals surface area contributed by atoms with Crippen LogP contribution in [-0.4, -0.2) is 38.3 Å². The van der Waals surface area contributed by atoms with Crippen LogP contribution in [0.25, 0.3) is 0 Å². The third-order valence-electron chi connectivity index (χ3n) is 4.16. The van der Waals surface area contributed by atoms with Gasteiger partial charge in [-0.2, -0.15) is 0 Å². The van der Waals surface area contributed by atoms with E-state index in [2.05, 4.69) is 22.3 Å². The van der Waals surface area contributed by atoms with E-state index in [1.165, 1.54) is 11.3 Å². The first-order valence-electron chi connectivity index (χ1n) is 7.74. The van der Waals surface area contributed by atoms with Crippen molar-refractivity contribution in [3.63, 3.8) is 0 Å². The predicted octanol–water partition coefficient (Wildman–Crippen LogP) is 2.28. The van der Waals surface area contributed by atoms with Crippen LogP contribution in [0.1, 0.15) is 15.2 Å². The first kappa shape index (κ1) is 14.5. The largest absolute Gasteiger partial charge is 0.488 e. The number of anilines is 1. The highest BCUT2D eigenvalue weighted by Crippen LogP contribution is 2.42. The van der Waals surface area contributed by atoms with Crippen LogP contribution in [0.4, 0.5) is 5.69 Å². The molecule has 0 aliphatic carbocycles. The molecule has 0 spiro atoms. The number of nitrogens with zero attached hydrogens (tertiary/aromatic N) is 1. The Balaban J connectivity index is 1.47. The first-order chi connectivity index (χ1) is 11.3. The Morgan fingerprint density at radius 1 is 1.35 bits per heavy atom. The fraction of sp³-hybridized carbons (Fsp3) is 0.353. The van der Waals surface area contributed by atoms with Crippen molar-refractivity contribution in [3.8, 4) is 5.75 Å². The topological polar surface area (TPSA) is 50.8 Å². The number of ether oxygens (including phenoxy) is 2. The second kappa shape index (κ2) is 6.22. The minimum Gasteiger partial charge on any atom is -0.488 e. The average Bonchev–Trinajstić information content (AvgIpc) is 2.93. The highest BCUT2D eigenvalue weighted by molar-refractivity contribution is 7.13. The number of thiophene rings is 1. The Morgan fingerprint density at radius 3 is 3.09 bits per heavy atom. The van der Waals surface area contributed by atoms with Crippen LogP contribution in [-0.2, 0) is 11.3 Å². The number of hydrogen-bond acceptors (Lipinski definition) is 5. The number of amides is 1. The van der Waals surface area contributed by atoms with E-state index >= 15 is 0 Å². The smallest absolute Gasteiger partial charge is 0.263 e. The molecule has 1 aromatic carbocycles. The summed E-state index contributed by atoms with van der Waals surface area (Å²) in [6.07, 6.45) is 0. The maximum Gasteiger partial charge on any atom is 0.263 e. The Labute approximate surface area is 138 Å². The van der Waals surface area contributed by atoms with Crippen molar-refractivity contribution in [3.05, 3.63) is 46.2 Å². The number of carbonyl (C=O) groups excluding carboxylic acids is 1. The first-order valence-corrected chi connectivity index (χ1v) is 8.61. The molecule has 1 aromatic heterocycles. The Kier molecular flexibility index (Phi) is 3.93. The molecule has 23 heavy (non-hydrogen) atoms. The monoisotopic (exact) mass is 330 g/mol. The zero-order valence-corrected chi connectivity index (χ0v) is 13.5. The standard InChI is InChI=1S/C17H18N2O3S/c20-17-16-15-14(11-23-16)22-10-13(19(15)7-6-18-17)9-21-8-12-4-2-1-3-5-12/h1-5,11,13H,6-10H2,(H,18,20)/t13-/m0/s1. The summed E-state index contributed by atoms with van der Waals surface area (Å²) in [6, 6.07) is 10.3. The molecule has 2 aliphatic heterocycles. The van der Waals surface area contributed by atoms with Gasteiger partial charge in [0.25, 0.3) is 5.91 Å². The van der Waals surface area contributed by atoms with E-state index in [4.69, 9.17) is 9.47 Å². The van der Waals surface area contributed by atoms with Gasteiger partial charge in [0.1, 0.15) is 17.2 Å².